The van der Waals surface area contributed by atoms with Crippen molar-refractivity contribution in [3.63, 3.8) is 0 Å². The highest BCUT2D eigenvalue weighted by atomic mass is 16.5. The van der Waals surface area contributed by atoms with Crippen molar-refractivity contribution in [2.75, 3.05) is 12.3 Å². The van der Waals surface area contributed by atoms with Crippen LogP contribution < -0.4 is 16.2 Å². The number of ether oxygens (including phenoxy) is 1. The van der Waals surface area contributed by atoms with Crippen LogP contribution in [0, 0.1) is 0 Å². The number of unbranched alkanes of at least 4 members (excludes halogenated alkanes) is 1. The summed E-state index contributed by atoms with van der Waals surface area (Å²) in [5.41, 5.74) is 8.24. The first-order valence-corrected chi connectivity index (χ1v) is 7.60. The lowest BCUT2D eigenvalue weighted by Crippen LogP contribution is -2.17. The van der Waals surface area contributed by atoms with Gasteiger partial charge in [0, 0.05) is 5.69 Å². The summed E-state index contributed by atoms with van der Waals surface area (Å²) in [4.78, 5) is 23.4. The minimum Gasteiger partial charge on any atom is -0.463 e. The zero-order valence-corrected chi connectivity index (χ0v) is 13.0. The molecule has 0 atom stereocenters. The average Bonchev–Trinajstić information content (AvgIpc) is 2.85. The van der Waals surface area contributed by atoms with Crippen molar-refractivity contribution in [1.29, 1.82) is 0 Å². The van der Waals surface area contributed by atoms with Crippen LogP contribution >= 0.6 is 0 Å². The first-order valence-electron chi connectivity index (χ1n) is 7.60. The van der Waals surface area contributed by atoms with Crippen molar-refractivity contribution in [1.82, 2.24) is 19.5 Å². The van der Waals surface area contributed by atoms with Gasteiger partial charge in [0.2, 0.25) is 0 Å². The third-order valence-corrected chi connectivity index (χ3v) is 3.54. The molecule has 0 spiro atoms. The van der Waals surface area contributed by atoms with E-state index in [0.29, 0.717) is 30.0 Å². The molecule has 0 fully saturated rings. The number of hydrogen-bond donors (Lipinski definition) is 2. The number of fused-ring (bicyclic) bond motifs is 1. The van der Waals surface area contributed by atoms with Gasteiger partial charge in [-0.25, -0.2) is 9.78 Å². The molecule has 2 heterocycles. The second-order valence-corrected chi connectivity index (χ2v) is 5.35. The zero-order chi connectivity index (χ0) is 16.2. The minimum atomic E-state index is -0.225. The van der Waals surface area contributed by atoms with Crippen LogP contribution in [0.2, 0.25) is 0 Å². The Morgan fingerprint density at radius 2 is 2.09 bits per heavy atom. The van der Waals surface area contributed by atoms with Crippen LogP contribution in [0.25, 0.3) is 11.2 Å². The van der Waals surface area contributed by atoms with Gasteiger partial charge >= 0.3 is 11.7 Å². The Labute approximate surface area is 133 Å². The number of nitrogens with two attached hydrogens (primary N) is 1. The van der Waals surface area contributed by atoms with E-state index in [-0.39, 0.29) is 11.7 Å². The van der Waals surface area contributed by atoms with Gasteiger partial charge in [0.1, 0.15) is 5.52 Å². The first-order chi connectivity index (χ1) is 11.2. The Hall–Kier alpha value is -2.83. The smallest absolute Gasteiger partial charge is 0.328 e. The molecule has 0 saturated heterocycles. The van der Waals surface area contributed by atoms with E-state index in [1.807, 2.05) is 24.3 Å². The molecule has 120 valence electrons. The molecule has 0 saturated carbocycles. The van der Waals surface area contributed by atoms with Crippen LogP contribution in [-0.4, -0.2) is 26.1 Å². The predicted molar refractivity (Wildman–Crippen MR) is 88.5 cm³/mol. The number of rotatable bonds is 6. The molecule has 7 nitrogen and oxygen atoms in total. The molecule has 7 heteroatoms. The van der Waals surface area contributed by atoms with Crippen molar-refractivity contribution in [2.24, 2.45) is 0 Å². The number of aromatic nitrogens is 4. The Morgan fingerprint density at radius 1 is 1.30 bits per heavy atom. The highest BCUT2D eigenvalue weighted by Gasteiger charge is 2.11. The molecule has 0 aliphatic rings. The molecular formula is C16H19N5O2. The highest BCUT2D eigenvalue weighted by Crippen LogP contribution is 2.13. The fraction of sp³-hybridized carbons (Fsp3) is 0.312. The molecule has 0 aliphatic carbocycles. The van der Waals surface area contributed by atoms with Crippen LogP contribution in [0.3, 0.4) is 0 Å². The maximum absolute atomic E-state index is 12.2. The number of nitrogens with one attached hydrogen (secondary N) is 1. The van der Waals surface area contributed by atoms with Gasteiger partial charge in [-0.05, 0) is 24.1 Å². The number of anilines is 1. The van der Waals surface area contributed by atoms with E-state index in [9.17, 15) is 4.79 Å². The van der Waals surface area contributed by atoms with Gasteiger partial charge in [-0.3, -0.25) is 4.57 Å². The van der Waals surface area contributed by atoms with Crippen molar-refractivity contribution < 1.29 is 4.74 Å². The van der Waals surface area contributed by atoms with Crippen molar-refractivity contribution in [2.45, 2.75) is 26.3 Å². The molecule has 23 heavy (non-hydrogen) atoms. The molecule has 1 aromatic carbocycles. The second-order valence-electron chi connectivity index (χ2n) is 5.35. The summed E-state index contributed by atoms with van der Waals surface area (Å²) in [6, 6.07) is 7.68. The van der Waals surface area contributed by atoms with Crippen LogP contribution in [-0.2, 0) is 6.54 Å². The van der Waals surface area contributed by atoms with Gasteiger partial charge in [0.05, 0.1) is 19.3 Å². The maximum Gasteiger partial charge on any atom is 0.328 e. The largest absolute Gasteiger partial charge is 0.463 e. The molecule has 3 N–H and O–H groups in total. The number of aromatic amines is 1. The molecule has 0 amide bonds. The molecule has 0 bridgehead atoms. The molecule has 0 unspecified atom stereocenters. The monoisotopic (exact) mass is 313 g/mol. The van der Waals surface area contributed by atoms with E-state index < -0.39 is 0 Å². The number of nitrogen functional groups attached to an aromatic ring is 1. The SMILES string of the molecule is CCCCOc1ncc2[nH]c(=O)n(Cc3ccc(N)cc3)c2n1. The number of hydrogen-bond acceptors (Lipinski definition) is 5. The summed E-state index contributed by atoms with van der Waals surface area (Å²) in [6.07, 6.45) is 3.55. The van der Waals surface area contributed by atoms with E-state index in [1.54, 1.807) is 10.8 Å². The van der Waals surface area contributed by atoms with E-state index in [4.69, 9.17) is 10.5 Å². The Morgan fingerprint density at radius 3 is 2.83 bits per heavy atom. The van der Waals surface area contributed by atoms with Crippen LogP contribution in [0.15, 0.2) is 35.3 Å². The molecular weight excluding hydrogens is 294 g/mol. The fourth-order valence-corrected chi connectivity index (χ4v) is 2.26. The lowest BCUT2D eigenvalue weighted by Gasteiger charge is -2.05. The molecule has 3 rings (SSSR count). The van der Waals surface area contributed by atoms with Crippen LogP contribution in [0.1, 0.15) is 25.3 Å². The lowest BCUT2D eigenvalue weighted by molar-refractivity contribution is 0.286. The molecule has 3 aromatic rings. The quantitative estimate of drug-likeness (QED) is 0.535. The minimum absolute atomic E-state index is 0.225. The topological polar surface area (TPSA) is 98.8 Å². The van der Waals surface area contributed by atoms with Gasteiger partial charge in [0.25, 0.3) is 0 Å². The first kappa shape index (κ1) is 15.1. The van der Waals surface area contributed by atoms with Crippen molar-refractivity contribution >= 4 is 16.9 Å². The fourth-order valence-electron chi connectivity index (χ4n) is 2.26. The summed E-state index contributed by atoms with van der Waals surface area (Å²) in [5.74, 6) is 0. The van der Waals surface area contributed by atoms with E-state index in [0.717, 1.165) is 18.4 Å². The van der Waals surface area contributed by atoms with E-state index >= 15 is 0 Å². The average molecular weight is 313 g/mol. The third kappa shape index (κ3) is 3.33. The van der Waals surface area contributed by atoms with Crippen LogP contribution in [0.5, 0.6) is 6.01 Å². The Kier molecular flexibility index (Phi) is 4.27. The van der Waals surface area contributed by atoms with E-state index in [2.05, 4.69) is 21.9 Å². The normalized spacial score (nSPS) is 11.0. The number of benzene rings is 1. The Balaban J connectivity index is 1.91. The van der Waals surface area contributed by atoms with Gasteiger partial charge in [-0.15, -0.1) is 0 Å². The molecule has 0 radical (unpaired) electrons. The molecule has 2 aromatic heterocycles. The summed E-state index contributed by atoms with van der Waals surface area (Å²) in [7, 11) is 0. The summed E-state index contributed by atoms with van der Waals surface area (Å²) >= 11 is 0. The summed E-state index contributed by atoms with van der Waals surface area (Å²) < 4.78 is 7.08. The number of imidazole rings is 1. The maximum atomic E-state index is 12.2. The second kappa shape index (κ2) is 6.51. The van der Waals surface area contributed by atoms with Gasteiger partial charge in [-0.1, -0.05) is 25.5 Å². The number of nitrogens with zero attached hydrogens (tertiary/aromatic N) is 3. The van der Waals surface area contributed by atoms with Crippen LogP contribution in [0.4, 0.5) is 5.69 Å². The number of H-pyrrole nitrogens is 1. The van der Waals surface area contributed by atoms with Crippen molar-refractivity contribution in [3.8, 4) is 6.01 Å². The predicted octanol–water partition coefficient (Wildman–Crippen LogP) is 1.93. The van der Waals surface area contributed by atoms with Crippen molar-refractivity contribution in [3.05, 3.63) is 46.5 Å². The van der Waals surface area contributed by atoms with Gasteiger partial charge in [-0.2, -0.15) is 4.98 Å². The summed E-state index contributed by atoms with van der Waals surface area (Å²) in [6.45, 7) is 3.06. The lowest BCUT2D eigenvalue weighted by atomic mass is 10.2. The zero-order valence-electron chi connectivity index (χ0n) is 13.0. The van der Waals surface area contributed by atoms with Gasteiger partial charge < -0.3 is 15.5 Å². The summed E-state index contributed by atoms with van der Waals surface area (Å²) in [5, 5.41) is 0. The van der Waals surface area contributed by atoms with Gasteiger partial charge in [0.15, 0.2) is 5.65 Å². The standard InChI is InChI=1S/C16H19N5O2/c1-2-3-8-23-15-18-9-13-14(20-15)21(16(22)19-13)10-11-4-6-12(17)7-5-11/h4-7,9H,2-3,8,10,17H2,1H3,(H,19,22). The molecule has 0 aliphatic heterocycles. The highest BCUT2D eigenvalue weighted by molar-refractivity contribution is 5.69. The Bertz CT molecular complexity index is 851. The third-order valence-electron chi connectivity index (χ3n) is 3.54. The van der Waals surface area contributed by atoms with E-state index in [1.165, 1.54) is 0 Å².